The highest BCUT2D eigenvalue weighted by Crippen LogP contribution is 2.13. The lowest BCUT2D eigenvalue weighted by Gasteiger charge is -2.05. The van der Waals surface area contributed by atoms with Crippen molar-refractivity contribution in [2.75, 3.05) is 7.11 Å². The van der Waals surface area contributed by atoms with E-state index in [4.69, 9.17) is 4.74 Å². The Labute approximate surface area is 109 Å². The standard InChI is InChI=1S/C14H13N3O2/c1-19-11-6-4-10(5-7-11)9-17-12-3-2-8-15-13(12)16-14(17)18/h2-8H,9H2,1H3,(H,15,16,18). The van der Waals surface area contributed by atoms with Crippen LogP contribution in [0.15, 0.2) is 47.4 Å². The summed E-state index contributed by atoms with van der Waals surface area (Å²) in [5, 5.41) is 0. The molecule has 0 saturated heterocycles. The Morgan fingerprint density at radius 2 is 2.05 bits per heavy atom. The van der Waals surface area contributed by atoms with Gasteiger partial charge in [-0.15, -0.1) is 0 Å². The molecule has 2 aromatic heterocycles. The molecule has 2 heterocycles. The summed E-state index contributed by atoms with van der Waals surface area (Å²) >= 11 is 0. The molecule has 5 heteroatoms. The van der Waals surface area contributed by atoms with Crippen LogP contribution in [0, 0.1) is 0 Å². The van der Waals surface area contributed by atoms with Crippen LogP contribution in [0.3, 0.4) is 0 Å². The molecule has 0 amide bonds. The first-order chi connectivity index (χ1) is 9.28. The third kappa shape index (κ3) is 2.10. The van der Waals surface area contributed by atoms with Crippen molar-refractivity contribution in [1.82, 2.24) is 14.5 Å². The SMILES string of the molecule is COc1ccc(Cn2c(=O)[nH]c3ncccc32)cc1. The summed E-state index contributed by atoms with van der Waals surface area (Å²) in [5.74, 6) is 0.802. The molecule has 0 saturated carbocycles. The van der Waals surface area contributed by atoms with Gasteiger partial charge < -0.3 is 4.74 Å². The van der Waals surface area contributed by atoms with Crippen molar-refractivity contribution in [3.8, 4) is 5.75 Å². The highest BCUT2D eigenvalue weighted by molar-refractivity contribution is 5.70. The molecule has 0 radical (unpaired) electrons. The molecule has 0 aliphatic heterocycles. The van der Waals surface area contributed by atoms with Gasteiger partial charge in [-0.3, -0.25) is 9.55 Å². The predicted octanol–water partition coefficient (Wildman–Crippen LogP) is 1.78. The molecular formula is C14H13N3O2. The molecule has 0 bridgehead atoms. The first kappa shape index (κ1) is 11.5. The van der Waals surface area contributed by atoms with Gasteiger partial charge in [0.2, 0.25) is 0 Å². The molecule has 0 atom stereocenters. The number of benzene rings is 1. The van der Waals surface area contributed by atoms with Crippen LogP contribution >= 0.6 is 0 Å². The molecule has 3 rings (SSSR count). The van der Waals surface area contributed by atoms with Crippen LogP contribution in [0.1, 0.15) is 5.56 Å². The van der Waals surface area contributed by atoms with Crippen molar-refractivity contribution in [3.05, 3.63) is 58.6 Å². The van der Waals surface area contributed by atoms with E-state index in [1.165, 1.54) is 0 Å². The number of fused-ring (bicyclic) bond motifs is 1. The molecule has 0 aliphatic carbocycles. The Kier molecular flexibility index (Phi) is 2.79. The minimum Gasteiger partial charge on any atom is -0.497 e. The second-order valence-corrected chi connectivity index (χ2v) is 4.24. The van der Waals surface area contributed by atoms with Gasteiger partial charge >= 0.3 is 5.69 Å². The third-order valence-corrected chi connectivity index (χ3v) is 3.05. The Balaban J connectivity index is 2.00. The summed E-state index contributed by atoms with van der Waals surface area (Å²) in [5.41, 5.74) is 2.31. The number of aromatic amines is 1. The number of methoxy groups -OCH3 is 1. The Bertz CT molecular complexity index is 756. The summed E-state index contributed by atoms with van der Waals surface area (Å²) in [6.07, 6.45) is 1.66. The van der Waals surface area contributed by atoms with Crippen molar-refractivity contribution >= 4 is 11.2 Å². The molecule has 0 unspecified atom stereocenters. The van der Waals surface area contributed by atoms with Gasteiger partial charge in [0.15, 0.2) is 5.65 Å². The van der Waals surface area contributed by atoms with Gasteiger partial charge in [0.25, 0.3) is 0 Å². The van der Waals surface area contributed by atoms with Gasteiger partial charge in [-0.2, -0.15) is 0 Å². The van der Waals surface area contributed by atoms with Crippen LogP contribution in [-0.4, -0.2) is 21.6 Å². The van der Waals surface area contributed by atoms with E-state index in [0.717, 1.165) is 16.8 Å². The zero-order valence-corrected chi connectivity index (χ0v) is 10.5. The number of nitrogens with one attached hydrogen (secondary N) is 1. The normalized spacial score (nSPS) is 10.8. The van der Waals surface area contributed by atoms with Gasteiger partial charge in [-0.25, -0.2) is 9.78 Å². The van der Waals surface area contributed by atoms with E-state index in [2.05, 4.69) is 9.97 Å². The Morgan fingerprint density at radius 1 is 1.26 bits per heavy atom. The molecule has 96 valence electrons. The lowest BCUT2D eigenvalue weighted by Crippen LogP contribution is -2.17. The molecule has 0 aliphatic rings. The summed E-state index contributed by atoms with van der Waals surface area (Å²) in [6, 6.07) is 11.4. The first-order valence-corrected chi connectivity index (χ1v) is 5.94. The quantitative estimate of drug-likeness (QED) is 0.776. The number of hydrogen-bond acceptors (Lipinski definition) is 3. The van der Waals surface area contributed by atoms with E-state index in [0.29, 0.717) is 12.2 Å². The van der Waals surface area contributed by atoms with Crippen LogP contribution in [0.25, 0.3) is 11.2 Å². The van der Waals surface area contributed by atoms with Crippen LogP contribution in [-0.2, 0) is 6.54 Å². The van der Waals surface area contributed by atoms with Crippen LogP contribution in [0.5, 0.6) is 5.75 Å². The number of hydrogen-bond donors (Lipinski definition) is 1. The number of H-pyrrole nitrogens is 1. The van der Waals surface area contributed by atoms with Crippen LogP contribution in [0.2, 0.25) is 0 Å². The van der Waals surface area contributed by atoms with E-state index in [1.807, 2.05) is 36.4 Å². The fraction of sp³-hybridized carbons (Fsp3) is 0.143. The summed E-state index contributed by atoms with van der Waals surface area (Å²) in [6.45, 7) is 0.508. The molecule has 0 fully saturated rings. The summed E-state index contributed by atoms with van der Waals surface area (Å²) in [7, 11) is 1.63. The van der Waals surface area contributed by atoms with Crippen molar-refractivity contribution in [1.29, 1.82) is 0 Å². The predicted molar refractivity (Wildman–Crippen MR) is 72.4 cm³/mol. The fourth-order valence-electron chi connectivity index (χ4n) is 2.06. The monoisotopic (exact) mass is 255 g/mol. The van der Waals surface area contributed by atoms with E-state index >= 15 is 0 Å². The van der Waals surface area contributed by atoms with Crippen molar-refractivity contribution < 1.29 is 4.74 Å². The number of rotatable bonds is 3. The topological polar surface area (TPSA) is 59.9 Å². The second kappa shape index (κ2) is 4.61. The first-order valence-electron chi connectivity index (χ1n) is 5.94. The molecule has 1 aromatic carbocycles. The summed E-state index contributed by atoms with van der Waals surface area (Å²) in [4.78, 5) is 18.8. The third-order valence-electron chi connectivity index (χ3n) is 3.05. The average molecular weight is 255 g/mol. The Morgan fingerprint density at radius 3 is 2.79 bits per heavy atom. The molecule has 0 spiro atoms. The largest absolute Gasteiger partial charge is 0.497 e. The van der Waals surface area contributed by atoms with E-state index in [-0.39, 0.29) is 5.69 Å². The van der Waals surface area contributed by atoms with Crippen molar-refractivity contribution in [2.24, 2.45) is 0 Å². The lowest BCUT2D eigenvalue weighted by atomic mass is 10.2. The Hall–Kier alpha value is -2.56. The minimum atomic E-state index is -0.149. The summed E-state index contributed by atoms with van der Waals surface area (Å²) < 4.78 is 6.78. The molecule has 3 aromatic rings. The molecule has 19 heavy (non-hydrogen) atoms. The zero-order valence-electron chi connectivity index (χ0n) is 10.5. The molecular weight excluding hydrogens is 242 g/mol. The number of imidazole rings is 1. The molecule has 5 nitrogen and oxygen atoms in total. The smallest absolute Gasteiger partial charge is 0.327 e. The van der Waals surface area contributed by atoms with Crippen molar-refractivity contribution in [3.63, 3.8) is 0 Å². The van der Waals surface area contributed by atoms with E-state index in [9.17, 15) is 4.79 Å². The number of nitrogens with zero attached hydrogens (tertiary/aromatic N) is 2. The van der Waals surface area contributed by atoms with Crippen LogP contribution in [0.4, 0.5) is 0 Å². The maximum absolute atomic E-state index is 11.9. The van der Waals surface area contributed by atoms with E-state index in [1.54, 1.807) is 17.9 Å². The lowest BCUT2D eigenvalue weighted by molar-refractivity contribution is 0.414. The fourth-order valence-corrected chi connectivity index (χ4v) is 2.06. The number of ether oxygens (including phenoxy) is 1. The number of aromatic nitrogens is 3. The average Bonchev–Trinajstić information content (AvgIpc) is 2.76. The number of pyridine rings is 1. The highest BCUT2D eigenvalue weighted by atomic mass is 16.5. The second-order valence-electron chi connectivity index (χ2n) is 4.24. The van der Waals surface area contributed by atoms with Crippen LogP contribution < -0.4 is 10.4 Å². The van der Waals surface area contributed by atoms with E-state index < -0.39 is 0 Å². The maximum atomic E-state index is 11.9. The van der Waals surface area contributed by atoms with Gasteiger partial charge in [0.1, 0.15) is 5.75 Å². The molecule has 1 N–H and O–H groups in total. The van der Waals surface area contributed by atoms with Gasteiger partial charge in [-0.05, 0) is 29.8 Å². The highest BCUT2D eigenvalue weighted by Gasteiger charge is 2.07. The van der Waals surface area contributed by atoms with Gasteiger partial charge in [-0.1, -0.05) is 12.1 Å². The van der Waals surface area contributed by atoms with Gasteiger partial charge in [0.05, 0.1) is 19.2 Å². The zero-order chi connectivity index (χ0) is 13.2. The van der Waals surface area contributed by atoms with Crippen molar-refractivity contribution in [2.45, 2.75) is 6.54 Å². The van der Waals surface area contributed by atoms with Gasteiger partial charge in [0, 0.05) is 6.20 Å². The minimum absolute atomic E-state index is 0.149. The maximum Gasteiger partial charge on any atom is 0.327 e.